The summed E-state index contributed by atoms with van der Waals surface area (Å²) in [5.41, 5.74) is 8.89. The second kappa shape index (κ2) is 6.60. The maximum atomic E-state index is 6.34. The van der Waals surface area contributed by atoms with Gasteiger partial charge in [-0.15, -0.1) is 0 Å². The molecular formula is C30H19NO. The van der Waals surface area contributed by atoms with Gasteiger partial charge in [-0.25, -0.2) is 0 Å². The third kappa shape index (κ3) is 2.47. The highest BCUT2D eigenvalue weighted by molar-refractivity contribution is 6.15. The summed E-state index contributed by atoms with van der Waals surface area (Å²) in [5, 5.41) is 4.81. The predicted octanol–water partition coefficient (Wildman–Crippen LogP) is 8.55. The first-order valence-corrected chi connectivity index (χ1v) is 10.9. The monoisotopic (exact) mass is 409 g/mol. The summed E-state index contributed by atoms with van der Waals surface area (Å²) < 4.78 is 6.34. The average molecular weight is 409 g/mol. The Labute approximate surface area is 184 Å². The number of aromatic nitrogens is 1. The Hall–Kier alpha value is -4.30. The van der Waals surface area contributed by atoms with Crippen molar-refractivity contribution in [3.05, 3.63) is 109 Å². The fourth-order valence-corrected chi connectivity index (χ4v) is 4.97. The van der Waals surface area contributed by atoms with E-state index in [1.54, 1.807) is 0 Å². The molecule has 0 fully saturated rings. The summed E-state index contributed by atoms with van der Waals surface area (Å²) in [7, 11) is 0. The summed E-state index contributed by atoms with van der Waals surface area (Å²) in [6.07, 6.45) is 0. The van der Waals surface area contributed by atoms with Crippen LogP contribution in [0.5, 0.6) is 0 Å². The summed E-state index contributed by atoms with van der Waals surface area (Å²) in [6, 6.07) is 38.3. The van der Waals surface area contributed by atoms with Crippen molar-refractivity contribution in [2.45, 2.75) is 0 Å². The van der Waals surface area contributed by atoms with Crippen molar-refractivity contribution < 1.29 is 4.42 Å². The molecule has 0 aliphatic rings. The molecule has 2 aromatic heterocycles. The van der Waals surface area contributed by atoms with Crippen LogP contribution in [0.4, 0.5) is 0 Å². The first-order chi connectivity index (χ1) is 15.9. The van der Waals surface area contributed by atoms with Crippen molar-refractivity contribution in [3.8, 4) is 22.3 Å². The summed E-state index contributed by atoms with van der Waals surface area (Å²) >= 11 is 0. The van der Waals surface area contributed by atoms with E-state index in [0.717, 1.165) is 33.1 Å². The molecule has 1 N–H and O–H groups in total. The zero-order valence-corrected chi connectivity index (χ0v) is 17.3. The van der Waals surface area contributed by atoms with Gasteiger partial charge in [-0.3, -0.25) is 0 Å². The lowest BCUT2D eigenvalue weighted by Gasteiger charge is -2.05. The molecular weight excluding hydrogens is 390 g/mol. The van der Waals surface area contributed by atoms with Crippen molar-refractivity contribution in [1.82, 2.24) is 4.98 Å². The van der Waals surface area contributed by atoms with Crippen molar-refractivity contribution >= 4 is 43.7 Å². The van der Waals surface area contributed by atoms with Gasteiger partial charge in [-0.05, 0) is 41.0 Å². The van der Waals surface area contributed by atoms with E-state index in [1.807, 2.05) is 6.07 Å². The van der Waals surface area contributed by atoms with Gasteiger partial charge in [-0.2, -0.15) is 0 Å². The highest BCUT2D eigenvalue weighted by atomic mass is 16.3. The molecule has 7 rings (SSSR count). The highest BCUT2D eigenvalue weighted by Crippen LogP contribution is 2.39. The zero-order valence-electron chi connectivity index (χ0n) is 17.3. The molecule has 32 heavy (non-hydrogen) atoms. The quantitative estimate of drug-likeness (QED) is 0.304. The molecule has 2 heteroatoms. The van der Waals surface area contributed by atoms with Crippen LogP contribution in [-0.4, -0.2) is 4.98 Å². The van der Waals surface area contributed by atoms with E-state index in [2.05, 4.69) is 108 Å². The van der Waals surface area contributed by atoms with Crippen LogP contribution in [0.3, 0.4) is 0 Å². The molecule has 2 nitrogen and oxygen atoms in total. The Morgan fingerprint density at radius 1 is 0.500 bits per heavy atom. The topological polar surface area (TPSA) is 28.9 Å². The van der Waals surface area contributed by atoms with Crippen LogP contribution in [-0.2, 0) is 0 Å². The van der Waals surface area contributed by atoms with E-state index in [0.29, 0.717) is 0 Å². The van der Waals surface area contributed by atoms with Crippen LogP contribution >= 0.6 is 0 Å². The number of H-pyrrole nitrogens is 1. The van der Waals surface area contributed by atoms with E-state index in [1.165, 1.54) is 32.8 Å². The Kier molecular flexibility index (Phi) is 3.58. The minimum absolute atomic E-state index is 0.911. The van der Waals surface area contributed by atoms with Crippen molar-refractivity contribution in [2.24, 2.45) is 0 Å². The number of hydrogen-bond donors (Lipinski definition) is 1. The number of furan rings is 1. The first-order valence-electron chi connectivity index (χ1n) is 10.9. The largest absolute Gasteiger partial charge is 0.456 e. The Bertz CT molecular complexity index is 1770. The van der Waals surface area contributed by atoms with Gasteiger partial charge in [-0.1, -0.05) is 84.9 Å². The van der Waals surface area contributed by atoms with Gasteiger partial charge in [0.1, 0.15) is 11.2 Å². The molecule has 0 saturated heterocycles. The van der Waals surface area contributed by atoms with E-state index < -0.39 is 0 Å². The third-order valence-corrected chi connectivity index (χ3v) is 6.43. The van der Waals surface area contributed by atoms with Gasteiger partial charge in [0.05, 0.1) is 5.52 Å². The van der Waals surface area contributed by atoms with Crippen LogP contribution in [0.25, 0.3) is 66.0 Å². The average Bonchev–Trinajstić information content (AvgIpc) is 3.42. The number of aromatic amines is 1. The van der Waals surface area contributed by atoms with E-state index in [9.17, 15) is 0 Å². The highest BCUT2D eigenvalue weighted by Gasteiger charge is 2.15. The molecule has 7 aromatic rings. The summed E-state index contributed by atoms with van der Waals surface area (Å²) in [6.45, 7) is 0. The van der Waals surface area contributed by atoms with Crippen LogP contribution in [0.2, 0.25) is 0 Å². The van der Waals surface area contributed by atoms with E-state index in [-0.39, 0.29) is 0 Å². The fraction of sp³-hybridized carbons (Fsp3) is 0. The molecule has 5 aromatic carbocycles. The van der Waals surface area contributed by atoms with Crippen LogP contribution < -0.4 is 0 Å². The van der Waals surface area contributed by atoms with Gasteiger partial charge < -0.3 is 9.40 Å². The molecule has 0 atom stereocenters. The number of rotatable bonds is 2. The summed E-state index contributed by atoms with van der Waals surface area (Å²) in [5.74, 6) is 0. The number of fused-ring (bicyclic) bond motifs is 6. The SMILES string of the molecule is c1ccc(-c2cccc3oc4cc(-c5cccc6c5[nH]c5ccccc56)ccc4c23)cc1. The first kappa shape index (κ1) is 17.4. The van der Waals surface area contributed by atoms with Gasteiger partial charge in [0, 0.05) is 32.6 Å². The molecule has 0 aliphatic heterocycles. The van der Waals surface area contributed by atoms with Crippen molar-refractivity contribution in [3.63, 3.8) is 0 Å². The molecule has 150 valence electrons. The van der Waals surface area contributed by atoms with Gasteiger partial charge in [0.15, 0.2) is 0 Å². The lowest BCUT2D eigenvalue weighted by molar-refractivity contribution is 0.669. The van der Waals surface area contributed by atoms with Gasteiger partial charge >= 0.3 is 0 Å². The molecule has 0 unspecified atom stereocenters. The van der Waals surface area contributed by atoms with Crippen molar-refractivity contribution in [2.75, 3.05) is 0 Å². The number of nitrogens with one attached hydrogen (secondary N) is 1. The van der Waals surface area contributed by atoms with Gasteiger partial charge in [0.25, 0.3) is 0 Å². The fourth-order valence-electron chi connectivity index (χ4n) is 4.97. The molecule has 2 heterocycles. The minimum Gasteiger partial charge on any atom is -0.456 e. The molecule has 0 spiro atoms. The standard InChI is InChI=1S/C30H19NO/c1-2-8-19(9-3-1)21-11-7-15-27-29(21)25-17-16-20(18-28(25)32-27)22-12-6-13-24-23-10-4-5-14-26(23)31-30(22)24/h1-18,31H. The second-order valence-corrected chi connectivity index (χ2v) is 8.26. The Balaban J connectivity index is 1.47. The predicted molar refractivity (Wildman–Crippen MR) is 134 cm³/mol. The van der Waals surface area contributed by atoms with Crippen LogP contribution in [0.15, 0.2) is 114 Å². The Morgan fingerprint density at radius 2 is 1.28 bits per heavy atom. The summed E-state index contributed by atoms with van der Waals surface area (Å²) in [4.78, 5) is 3.62. The van der Waals surface area contributed by atoms with E-state index in [4.69, 9.17) is 4.42 Å². The van der Waals surface area contributed by atoms with Crippen LogP contribution in [0.1, 0.15) is 0 Å². The molecule has 0 aliphatic carbocycles. The maximum absolute atomic E-state index is 6.34. The Morgan fingerprint density at radius 3 is 2.22 bits per heavy atom. The number of hydrogen-bond acceptors (Lipinski definition) is 1. The third-order valence-electron chi connectivity index (χ3n) is 6.43. The molecule has 0 bridgehead atoms. The normalized spacial score (nSPS) is 11.8. The zero-order chi connectivity index (χ0) is 21.1. The maximum Gasteiger partial charge on any atom is 0.136 e. The van der Waals surface area contributed by atoms with Crippen molar-refractivity contribution in [1.29, 1.82) is 0 Å². The molecule has 0 amide bonds. The molecule has 0 saturated carbocycles. The van der Waals surface area contributed by atoms with Gasteiger partial charge in [0.2, 0.25) is 0 Å². The number of para-hydroxylation sites is 2. The number of benzene rings is 5. The smallest absolute Gasteiger partial charge is 0.136 e. The van der Waals surface area contributed by atoms with Crippen LogP contribution in [0, 0.1) is 0 Å². The second-order valence-electron chi connectivity index (χ2n) is 8.26. The minimum atomic E-state index is 0.911. The lowest BCUT2D eigenvalue weighted by Crippen LogP contribution is -1.81. The van der Waals surface area contributed by atoms with E-state index >= 15 is 0 Å². The lowest BCUT2D eigenvalue weighted by atomic mass is 9.97. The molecule has 0 radical (unpaired) electrons.